The van der Waals surface area contributed by atoms with Crippen molar-refractivity contribution >= 4 is 11.6 Å². The van der Waals surface area contributed by atoms with Gasteiger partial charge in [-0.1, -0.05) is 74.1 Å². The summed E-state index contributed by atoms with van der Waals surface area (Å²) in [7, 11) is 0. The number of carbonyl (C=O) groups excluding carboxylic acids is 2. The lowest BCUT2D eigenvalue weighted by Crippen LogP contribution is -2.50. The first-order valence-electron chi connectivity index (χ1n) is 20.7. The largest absolute Gasteiger partial charge is 0.295 e. The van der Waals surface area contributed by atoms with Gasteiger partial charge in [-0.3, -0.25) is 9.59 Å². The van der Waals surface area contributed by atoms with Crippen LogP contribution in [0, 0.1) is 104 Å². The highest BCUT2D eigenvalue weighted by Gasteiger charge is 2.60. The minimum atomic E-state index is 0. The maximum atomic E-state index is 11.9. The molecule has 0 aliphatic heterocycles. The highest BCUT2D eigenvalue weighted by Crippen LogP contribution is 2.68. The Morgan fingerprint density at radius 3 is 1.81 bits per heavy atom. The van der Waals surface area contributed by atoms with Crippen molar-refractivity contribution in [1.29, 1.82) is 10.5 Å². The predicted molar refractivity (Wildman–Crippen MR) is 213 cm³/mol. The number of rotatable bonds is 4. The maximum absolute atomic E-state index is 11.9. The molecular formula is C48H72N2O2. The summed E-state index contributed by atoms with van der Waals surface area (Å²) in [6.07, 6.45) is 26.7. The highest BCUT2D eigenvalue weighted by molar-refractivity contribution is 5.92. The van der Waals surface area contributed by atoms with Crippen LogP contribution in [0.3, 0.4) is 0 Å². The fourth-order valence-electron chi connectivity index (χ4n) is 15.1. The van der Waals surface area contributed by atoms with Crippen LogP contribution >= 0.6 is 0 Å². The van der Waals surface area contributed by atoms with Gasteiger partial charge >= 0.3 is 0 Å². The van der Waals surface area contributed by atoms with Crippen molar-refractivity contribution < 1.29 is 9.59 Å². The lowest BCUT2D eigenvalue weighted by atomic mass is 9.46. The van der Waals surface area contributed by atoms with Crippen molar-refractivity contribution in [2.75, 3.05) is 0 Å². The predicted octanol–water partition coefficient (Wildman–Crippen LogP) is 12.4. The van der Waals surface area contributed by atoms with E-state index < -0.39 is 0 Å². The molecular weight excluding hydrogens is 637 g/mol. The van der Waals surface area contributed by atoms with E-state index in [2.05, 4.69) is 65.8 Å². The monoisotopic (exact) mass is 709 g/mol. The first kappa shape index (κ1) is 40.7. The average Bonchev–Trinajstić information content (AvgIpc) is 3.63. The number of nitriles is 2. The molecule has 8 unspecified atom stereocenters. The molecule has 0 aromatic carbocycles. The van der Waals surface area contributed by atoms with Crippen molar-refractivity contribution in [3.8, 4) is 12.1 Å². The van der Waals surface area contributed by atoms with Crippen molar-refractivity contribution in [3.05, 3.63) is 35.5 Å². The fourth-order valence-corrected chi connectivity index (χ4v) is 15.1. The van der Waals surface area contributed by atoms with Crippen LogP contribution in [0.2, 0.25) is 0 Å². The molecule has 8 rings (SSSR count). The van der Waals surface area contributed by atoms with E-state index in [1.807, 2.05) is 12.2 Å². The van der Waals surface area contributed by atoms with E-state index in [0.29, 0.717) is 64.8 Å². The van der Waals surface area contributed by atoms with Gasteiger partial charge in [0.25, 0.3) is 0 Å². The number of ketones is 2. The number of nitrogens with zero attached hydrogens (tertiary/aromatic N) is 2. The molecule has 0 aromatic heterocycles. The second-order valence-corrected chi connectivity index (χ2v) is 19.7. The summed E-state index contributed by atoms with van der Waals surface area (Å²) in [6.45, 7) is 14.6. The topological polar surface area (TPSA) is 81.7 Å². The van der Waals surface area contributed by atoms with Gasteiger partial charge in [0.1, 0.15) is 0 Å². The van der Waals surface area contributed by atoms with E-state index in [4.69, 9.17) is 10.5 Å². The Hall–Kier alpha value is -2.46. The van der Waals surface area contributed by atoms with Crippen molar-refractivity contribution in [3.63, 3.8) is 0 Å². The lowest BCUT2D eigenvalue weighted by molar-refractivity contribution is -0.118. The van der Waals surface area contributed by atoms with Crippen LogP contribution in [0.15, 0.2) is 35.5 Å². The van der Waals surface area contributed by atoms with Gasteiger partial charge < -0.3 is 0 Å². The second kappa shape index (κ2) is 15.0. The summed E-state index contributed by atoms with van der Waals surface area (Å²) in [4.78, 5) is 23.8. The summed E-state index contributed by atoms with van der Waals surface area (Å²) in [5, 5.41) is 18.3. The van der Waals surface area contributed by atoms with Crippen LogP contribution < -0.4 is 0 Å². The third kappa shape index (κ3) is 6.33. The van der Waals surface area contributed by atoms with Gasteiger partial charge in [0.05, 0.1) is 12.1 Å². The summed E-state index contributed by atoms with van der Waals surface area (Å²) in [5.74, 6) is 7.73. The second-order valence-electron chi connectivity index (χ2n) is 19.7. The molecule has 286 valence electrons. The average molecular weight is 709 g/mol. The zero-order chi connectivity index (χ0) is 35.6. The molecule has 0 heterocycles. The summed E-state index contributed by atoms with van der Waals surface area (Å²) in [5.41, 5.74) is 4.09. The number of fused-ring (bicyclic) bond motifs is 10. The first-order chi connectivity index (χ1) is 23.8. The molecule has 0 amide bonds. The van der Waals surface area contributed by atoms with Crippen LogP contribution in [0.5, 0.6) is 0 Å². The number of carbonyl (C=O) groups is 2. The fraction of sp³-hybridized carbons (Fsp3) is 0.792. The Kier molecular flexibility index (Phi) is 11.7. The molecule has 0 radical (unpaired) electrons. The number of hydrogen-bond donors (Lipinski definition) is 0. The summed E-state index contributed by atoms with van der Waals surface area (Å²) in [6, 6.07) is 4.83. The quantitative estimate of drug-likeness (QED) is 0.291. The van der Waals surface area contributed by atoms with E-state index in [9.17, 15) is 9.59 Å². The van der Waals surface area contributed by atoms with Crippen LogP contribution in [0.1, 0.15) is 159 Å². The molecule has 52 heavy (non-hydrogen) atoms. The molecule has 8 aliphatic rings. The van der Waals surface area contributed by atoms with Crippen LogP contribution in [0.25, 0.3) is 0 Å². The smallest absolute Gasteiger partial charge is 0.156 e. The molecule has 8 aliphatic carbocycles. The third-order valence-corrected chi connectivity index (χ3v) is 17.8. The van der Waals surface area contributed by atoms with Crippen LogP contribution in [-0.2, 0) is 9.59 Å². The highest BCUT2D eigenvalue weighted by atomic mass is 16.1. The van der Waals surface area contributed by atoms with Gasteiger partial charge in [-0.15, -0.1) is 0 Å². The van der Waals surface area contributed by atoms with Crippen molar-refractivity contribution in [1.82, 2.24) is 0 Å². The molecule has 4 nitrogen and oxygen atoms in total. The first-order valence-corrected chi connectivity index (χ1v) is 20.7. The number of allylic oxidation sites excluding steroid dienone is 5. The van der Waals surface area contributed by atoms with Gasteiger partial charge in [-0.2, -0.15) is 10.5 Å². The molecule has 5 fully saturated rings. The van der Waals surface area contributed by atoms with Gasteiger partial charge in [-0.25, -0.2) is 0 Å². The molecule has 5 saturated carbocycles. The molecule has 14 atom stereocenters. The minimum absolute atomic E-state index is 0. The SMILES string of the molecule is C.C.C[C@H](CC#N)C1CCC2C3C=CC4=CC(=O)CC[C@]4(C)C3CC[C@@]21C.C[C@H](CC#N)C1CCC2C3CCC4=CC(=O)CC[C@]4(C)C3CC[C@@]21C. The standard InChI is InChI=1S/C23H33NO.C23H31NO.2CH4/c2*1-15(10-13-24)19-6-7-20-18-5-4-16-14-17(25)8-11-22(16,2)21(18)9-12-23(19,20)3;;/h14-15,18-21H,4-12H2,1-3H3;4-5,14-15,18-21H,6-12H2,1-3H3;2*1H4/t2*15-,18?,19?,20?,21?,22+,23-;;/m11../s1. The maximum Gasteiger partial charge on any atom is 0.156 e. The lowest BCUT2D eigenvalue weighted by Gasteiger charge is -2.58. The Labute approximate surface area is 318 Å². The van der Waals surface area contributed by atoms with Crippen LogP contribution in [-0.4, -0.2) is 11.6 Å². The zero-order valence-corrected chi connectivity index (χ0v) is 32.1. The molecule has 0 N–H and O–H groups in total. The normalized spacial score (nSPS) is 45.0. The van der Waals surface area contributed by atoms with Gasteiger partial charge in [0, 0.05) is 25.7 Å². The summed E-state index contributed by atoms with van der Waals surface area (Å²) < 4.78 is 0. The number of hydrogen-bond acceptors (Lipinski definition) is 4. The van der Waals surface area contributed by atoms with Gasteiger partial charge in [0.2, 0.25) is 0 Å². The molecule has 0 bridgehead atoms. The van der Waals surface area contributed by atoms with E-state index in [1.165, 1.54) is 68.9 Å². The van der Waals surface area contributed by atoms with E-state index >= 15 is 0 Å². The zero-order valence-electron chi connectivity index (χ0n) is 32.1. The summed E-state index contributed by atoms with van der Waals surface area (Å²) >= 11 is 0. The Morgan fingerprint density at radius 2 is 1.19 bits per heavy atom. The van der Waals surface area contributed by atoms with Crippen molar-refractivity contribution in [2.24, 2.45) is 80.8 Å². The Bertz CT molecular complexity index is 1560. The Balaban J connectivity index is 0.000000194. The van der Waals surface area contributed by atoms with E-state index in [1.54, 1.807) is 0 Å². The van der Waals surface area contributed by atoms with Crippen LogP contribution in [0.4, 0.5) is 0 Å². The third-order valence-electron chi connectivity index (χ3n) is 17.8. The van der Waals surface area contributed by atoms with E-state index in [-0.39, 0.29) is 25.7 Å². The van der Waals surface area contributed by atoms with Crippen molar-refractivity contribution in [2.45, 2.75) is 159 Å². The molecule has 4 heteroatoms. The van der Waals surface area contributed by atoms with E-state index in [0.717, 1.165) is 61.7 Å². The van der Waals surface area contributed by atoms with Gasteiger partial charge in [0.15, 0.2) is 11.6 Å². The van der Waals surface area contributed by atoms with Gasteiger partial charge in [-0.05, 0) is 176 Å². The molecule has 0 aromatic rings. The molecule has 0 spiro atoms. The molecule has 0 saturated heterocycles. The Morgan fingerprint density at radius 1 is 0.654 bits per heavy atom. The minimum Gasteiger partial charge on any atom is -0.295 e.